The lowest BCUT2D eigenvalue weighted by atomic mass is 10.4. The van der Waals surface area contributed by atoms with Gasteiger partial charge in [0.05, 0.1) is 5.75 Å². The zero-order valence-corrected chi connectivity index (χ0v) is 8.97. The molecule has 0 aliphatic carbocycles. The summed E-state index contributed by atoms with van der Waals surface area (Å²) in [5.74, 6) is 0.220. The number of hydrogen-bond acceptors (Lipinski definition) is 2. The van der Waals surface area contributed by atoms with Gasteiger partial charge in [0.25, 0.3) is 0 Å². The van der Waals surface area contributed by atoms with Crippen LogP contribution in [0.15, 0.2) is 35.8 Å². The van der Waals surface area contributed by atoms with Gasteiger partial charge < -0.3 is 0 Å². The SMILES string of the molecule is C=C/C=C\C=C(/C)S(=O)(=O)CCC. The maximum absolute atomic E-state index is 11.4. The Morgan fingerprint density at radius 1 is 1.38 bits per heavy atom. The Labute approximate surface area is 80.6 Å². The van der Waals surface area contributed by atoms with Crippen LogP contribution in [0, 0.1) is 0 Å². The Bertz CT molecular complexity index is 308. The lowest BCUT2D eigenvalue weighted by Crippen LogP contribution is -2.05. The third kappa shape index (κ3) is 4.68. The molecule has 74 valence electrons. The van der Waals surface area contributed by atoms with Crippen molar-refractivity contribution in [1.82, 2.24) is 0 Å². The molecule has 0 aromatic carbocycles. The van der Waals surface area contributed by atoms with Crippen LogP contribution in [0.25, 0.3) is 0 Å². The standard InChI is InChI=1S/C10H16O2S/c1-4-6-7-8-10(3)13(11,12)9-5-2/h4,6-8H,1,5,9H2,2-3H3/b7-6-,10-8+. The number of sulfone groups is 1. The van der Waals surface area contributed by atoms with Crippen molar-refractivity contribution in [3.63, 3.8) is 0 Å². The van der Waals surface area contributed by atoms with Crippen LogP contribution >= 0.6 is 0 Å². The van der Waals surface area contributed by atoms with Crippen molar-refractivity contribution in [2.45, 2.75) is 20.3 Å². The second-order valence-corrected chi connectivity index (χ2v) is 5.00. The van der Waals surface area contributed by atoms with E-state index in [2.05, 4.69) is 6.58 Å². The molecule has 2 nitrogen and oxygen atoms in total. The van der Waals surface area contributed by atoms with Crippen molar-refractivity contribution in [3.05, 3.63) is 35.8 Å². The van der Waals surface area contributed by atoms with Crippen LogP contribution < -0.4 is 0 Å². The minimum absolute atomic E-state index is 0.220. The molecular formula is C10H16O2S. The summed E-state index contributed by atoms with van der Waals surface area (Å²) < 4.78 is 22.8. The maximum atomic E-state index is 11.4. The van der Waals surface area contributed by atoms with E-state index >= 15 is 0 Å². The van der Waals surface area contributed by atoms with Gasteiger partial charge in [-0.2, -0.15) is 0 Å². The van der Waals surface area contributed by atoms with Crippen LogP contribution in [0.5, 0.6) is 0 Å². The highest BCUT2D eigenvalue weighted by Gasteiger charge is 2.10. The van der Waals surface area contributed by atoms with Gasteiger partial charge in [-0.15, -0.1) is 0 Å². The van der Waals surface area contributed by atoms with Crippen LogP contribution in [-0.2, 0) is 9.84 Å². The highest BCUT2D eigenvalue weighted by Crippen LogP contribution is 2.07. The molecule has 0 saturated heterocycles. The van der Waals surface area contributed by atoms with Crippen molar-refractivity contribution in [2.75, 3.05) is 5.75 Å². The van der Waals surface area contributed by atoms with Gasteiger partial charge in [-0.05, 0) is 19.4 Å². The quantitative estimate of drug-likeness (QED) is 0.639. The summed E-state index contributed by atoms with van der Waals surface area (Å²) in [5, 5.41) is 0. The first-order valence-corrected chi connectivity index (χ1v) is 5.88. The summed E-state index contributed by atoms with van der Waals surface area (Å²) in [5.41, 5.74) is 0. The molecule has 0 fully saturated rings. The number of rotatable bonds is 5. The lowest BCUT2D eigenvalue weighted by molar-refractivity contribution is 0.600. The number of allylic oxidation sites excluding steroid dienone is 5. The van der Waals surface area contributed by atoms with E-state index < -0.39 is 9.84 Å². The molecule has 0 rings (SSSR count). The first kappa shape index (κ1) is 12.2. The summed E-state index contributed by atoms with van der Waals surface area (Å²) in [6, 6.07) is 0. The molecule has 0 spiro atoms. The van der Waals surface area contributed by atoms with Gasteiger partial charge in [0.2, 0.25) is 0 Å². The van der Waals surface area contributed by atoms with Crippen LogP contribution in [0.1, 0.15) is 20.3 Å². The Kier molecular flexibility index (Phi) is 5.39. The lowest BCUT2D eigenvalue weighted by Gasteiger charge is -2.00. The van der Waals surface area contributed by atoms with Crippen LogP contribution in [0.2, 0.25) is 0 Å². The molecule has 0 radical (unpaired) electrons. The Balaban J connectivity index is 4.58. The van der Waals surface area contributed by atoms with E-state index in [9.17, 15) is 8.42 Å². The monoisotopic (exact) mass is 200 g/mol. The van der Waals surface area contributed by atoms with Crippen molar-refractivity contribution in [1.29, 1.82) is 0 Å². The van der Waals surface area contributed by atoms with Crippen molar-refractivity contribution in [2.24, 2.45) is 0 Å². The van der Waals surface area contributed by atoms with E-state index in [1.54, 1.807) is 31.2 Å². The summed E-state index contributed by atoms with van der Waals surface area (Å²) in [6.07, 6.45) is 7.22. The molecule has 0 unspecified atom stereocenters. The summed E-state index contributed by atoms with van der Waals surface area (Å²) in [7, 11) is -3.02. The third-order valence-corrected chi connectivity index (χ3v) is 3.60. The fourth-order valence-electron chi connectivity index (χ4n) is 0.803. The Hall–Kier alpha value is -0.830. The predicted octanol–water partition coefficient (Wildman–Crippen LogP) is 2.46. The second-order valence-electron chi connectivity index (χ2n) is 2.72. The zero-order chi connectivity index (χ0) is 10.3. The molecular weight excluding hydrogens is 184 g/mol. The topological polar surface area (TPSA) is 34.1 Å². The highest BCUT2D eigenvalue weighted by molar-refractivity contribution is 7.95. The fourth-order valence-corrected chi connectivity index (χ4v) is 1.95. The van der Waals surface area contributed by atoms with Crippen LogP contribution in [0.3, 0.4) is 0 Å². The minimum Gasteiger partial charge on any atom is -0.224 e. The minimum atomic E-state index is -3.02. The van der Waals surface area contributed by atoms with Crippen molar-refractivity contribution >= 4 is 9.84 Å². The fraction of sp³-hybridized carbons (Fsp3) is 0.400. The first-order chi connectivity index (χ1) is 6.04. The van der Waals surface area contributed by atoms with Gasteiger partial charge in [0, 0.05) is 4.91 Å². The van der Waals surface area contributed by atoms with E-state index in [4.69, 9.17) is 0 Å². The molecule has 13 heavy (non-hydrogen) atoms. The van der Waals surface area contributed by atoms with Crippen molar-refractivity contribution < 1.29 is 8.42 Å². The highest BCUT2D eigenvalue weighted by atomic mass is 32.2. The molecule has 0 aliphatic rings. The zero-order valence-electron chi connectivity index (χ0n) is 8.16. The van der Waals surface area contributed by atoms with Crippen LogP contribution in [-0.4, -0.2) is 14.2 Å². The molecule has 0 saturated carbocycles. The molecule has 3 heteroatoms. The van der Waals surface area contributed by atoms with Gasteiger partial charge in [0.15, 0.2) is 9.84 Å². The average Bonchev–Trinajstić information content (AvgIpc) is 2.04. The van der Waals surface area contributed by atoms with Gasteiger partial charge in [-0.3, -0.25) is 0 Å². The van der Waals surface area contributed by atoms with Gasteiger partial charge in [-0.25, -0.2) is 8.42 Å². The Morgan fingerprint density at radius 3 is 2.46 bits per heavy atom. The van der Waals surface area contributed by atoms with Crippen molar-refractivity contribution in [3.8, 4) is 0 Å². The molecule has 0 aromatic rings. The molecule has 0 amide bonds. The first-order valence-electron chi connectivity index (χ1n) is 4.23. The van der Waals surface area contributed by atoms with Gasteiger partial charge in [-0.1, -0.05) is 31.7 Å². The molecule has 0 heterocycles. The second kappa shape index (κ2) is 5.75. The normalized spacial score (nSPS) is 13.5. The third-order valence-electron chi connectivity index (χ3n) is 1.54. The van der Waals surface area contributed by atoms with Gasteiger partial charge >= 0.3 is 0 Å². The summed E-state index contributed by atoms with van der Waals surface area (Å²) in [6.45, 7) is 6.95. The number of hydrogen-bond donors (Lipinski definition) is 0. The summed E-state index contributed by atoms with van der Waals surface area (Å²) >= 11 is 0. The van der Waals surface area contributed by atoms with Crippen LogP contribution in [0.4, 0.5) is 0 Å². The van der Waals surface area contributed by atoms with E-state index in [1.807, 2.05) is 6.92 Å². The summed E-state index contributed by atoms with van der Waals surface area (Å²) in [4.78, 5) is 0.410. The molecule has 0 bridgehead atoms. The van der Waals surface area contributed by atoms with E-state index in [-0.39, 0.29) is 5.75 Å². The Morgan fingerprint density at radius 2 is 2.00 bits per heavy atom. The predicted molar refractivity (Wildman–Crippen MR) is 57.2 cm³/mol. The molecule has 0 aromatic heterocycles. The largest absolute Gasteiger partial charge is 0.224 e. The van der Waals surface area contributed by atoms with E-state index in [0.717, 1.165) is 0 Å². The smallest absolute Gasteiger partial charge is 0.174 e. The average molecular weight is 200 g/mol. The molecule has 0 aliphatic heterocycles. The maximum Gasteiger partial charge on any atom is 0.174 e. The van der Waals surface area contributed by atoms with E-state index in [1.165, 1.54) is 0 Å². The van der Waals surface area contributed by atoms with E-state index in [0.29, 0.717) is 11.3 Å². The van der Waals surface area contributed by atoms with Gasteiger partial charge in [0.1, 0.15) is 0 Å². The molecule has 0 N–H and O–H groups in total. The molecule has 0 atom stereocenters.